The quantitative estimate of drug-likeness (QED) is 0.535. The summed E-state index contributed by atoms with van der Waals surface area (Å²) in [5, 5.41) is 12.5. The van der Waals surface area contributed by atoms with Crippen molar-refractivity contribution in [3.63, 3.8) is 0 Å². The van der Waals surface area contributed by atoms with E-state index >= 15 is 0 Å². The lowest BCUT2D eigenvalue weighted by Crippen LogP contribution is -2.25. The van der Waals surface area contributed by atoms with E-state index in [1.807, 2.05) is 20.8 Å². The van der Waals surface area contributed by atoms with Crippen LogP contribution in [-0.4, -0.2) is 24.2 Å². The van der Waals surface area contributed by atoms with Crippen molar-refractivity contribution in [3.8, 4) is 11.5 Å². The van der Waals surface area contributed by atoms with Gasteiger partial charge in [-0.05, 0) is 36.1 Å². The van der Waals surface area contributed by atoms with Crippen LogP contribution < -0.4 is 10.1 Å². The monoisotopic (exact) mass is 359 g/mol. The number of aromatic hydroxyl groups is 1. The van der Waals surface area contributed by atoms with E-state index in [-0.39, 0.29) is 18.1 Å². The van der Waals surface area contributed by atoms with Crippen LogP contribution in [0.4, 0.5) is 13.2 Å². The largest absolute Gasteiger partial charge is 0.504 e. The molecule has 0 saturated heterocycles. The number of benzene rings is 1. The molecule has 140 valence electrons. The summed E-state index contributed by atoms with van der Waals surface area (Å²) in [5.74, 6) is -1.33. The summed E-state index contributed by atoms with van der Waals surface area (Å²) in [7, 11) is 0. The van der Waals surface area contributed by atoms with Crippen molar-refractivity contribution in [2.75, 3.05) is 13.2 Å². The number of ether oxygens (including phenoxy) is 1. The Morgan fingerprint density at radius 2 is 2.04 bits per heavy atom. The molecule has 0 heterocycles. The molecule has 0 aliphatic rings. The number of carbonyl (C=O) groups is 1. The number of carbonyl (C=O) groups excluding carboxylic acids is 1. The summed E-state index contributed by atoms with van der Waals surface area (Å²) in [6.07, 6.45) is -0.985. The molecule has 1 aromatic rings. The molecule has 25 heavy (non-hydrogen) atoms. The van der Waals surface area contributed by atoms with Gasteiger partial charge in [-0.3, -0.25) is 4.79 Å². The highest BCUT2D eigenvalue weighted by molar-refractivity contribution is 5.91. The number of amides is 1. The van der Waals surface area contributed by atoms with Crippen LogP contribution in [0.5, 0.6) is 11.5 Å². The highest BCUT2D eigenvalue weighted by Crippen LogP contribution is 2.42. The molecule has 0 unspecified atom stereocenters. The Bertz CT molecular complexity index is 610. The fraction of sp³-hybridized carbons (Fsp3) is 0.500. The van der Waals surface area contributed by atoms with Crippen LogP contribution in [0.15, 0.2) is 18.2 Å². The SMILES string of the molecule is CCCCOc1c(O)cc(/C=C/C(=O)NCC(C)C)cc1C(F)(F)F. The van der Waals surface area contributed by atoms with E-state index < -0.39 is 29.1 Å². The first-order chi connectivity index (χ1) is 11.6. The zero-order chi connectivity index (χ0) is 19.0. The number of hydrogen-bond donors (Lipinski definition) is 2. The second-order valence-corrected chi connectivity index (χ2v) is 6.09. The third-order valence-corrected chi connectivity index (χ3v) is 3.25. The maximum atomic E-state index is 13.2. The van der Waals surface area contributed by atoms with Crippen LogP contribution >= 0.6 is 0 Å². The van der Waals surface area contributed by atoms with E-state index in [1.54, 1.807) is 0 Å². The Balaban J connectivity index is 3.03. The minimum atomic E-state index is -4.68. The molecule has 0 aliphatic carbocycles. The molecule has 7 heteroatoms. The van der Waals surface area contributed by atoms with Gasteiger partial charge >= 0.3 is 6.18 Å². The predicted octanol–water partition coefficient (Wildman–Crippen LogP) is 4.38. The summed E-state index contributed by atoms with van der Waals surface area (Å²) in [6.45, 7) is 6.28. The smallest absolute Gasteiger partial charge is 0.420 e. The molecule has 0 radical (unpaired) electrons. The number of rotatable bonds is 8. The minimum absolute atomic E-state index is 0.0624. The standard InChI is InChI=1S/C18H24F3NO3/c1-4-5-8-25-17-14(18(19,20)21)9-13(10-15(17)23)6-7-16(24)22-11-12(2)3/h6-7,9-10,12,23H,4-5,8,11H2,1-3H3,(H,22,24)/b7-6+. The Kier molecular flexibility index (Phi) is 7.80. The first kappa shape index (κ1) is 20.9. The van der Waals surface area contributed by atoms with Gasteiger partial charge < -0.3 is 15.2 Å². The Morgan fingerprint density at radius 3 is 2.60 bits per heavy atom. The van der Waals surface area contributed by atoms with Gasteiger partial charge in [0.1, 0.15) is 5.56 Å². The van der Waals surface area contributed by atoms with Crippen molar-refractivity contribution in [1.29, 1.82) is 0 Å². The third-order valence-electron chi connectivity index (χ3n) is 3.25. The third kappa shape index (κ3) is 7.07. The van der Waals surface area contributed by atoms with Gasteiger partial charge in [-0.25, -0.2) is 0 Å². The molecular formula is C18H24F3NO3. The maximum Gasteiger partial charge on any atom is 0.420 e. The Labute approximate surface area is 145 Å². The van der Waals surface area contributed by atoms with Gasteiger partial charge in [0.05, 0.1) is 6.61 Å². The van der Waals surface area contributed by atoms with Gasteiger partial charge in [-0.2, -0.15) is 13.2 Å². The Hall–Kier alpha value is -2.18. The molecule has 2 N–H and O–H groups in total. The first-order valence-corrected chi connectivity index (χ1v) is 8.18. The molecule has 4 nitrogen and oxygen atoms in total. The lowest BCUT2D eigenvalue weighted by atomic mass is 10.1. The zero-order valence-electron chi connectivity index (χ0n) is 14.6. The summed E-state index contributed by atoms with van der Waals surface area (Å²) in [4.78, 5) is 11.6. The van der Waals surface area contributed by atoms with E-state index in [0.717, 1.165) is 24.6 Å². The lowest BCUT2D eigenvalue weighted by molar-refractivity contribution is -0.139. The van der Waals surface area contributed by atoms with Crippen molar-refractivity contribution >= 4 is 12.0 Å². The molecule has 0 bridgehead atoms. The van der Waals surface area contributed by atoms with Crippen LogP contribution in [0.1, 0.15) is 44.7 Å². The average molecular weight is 359 g/mol. The van der Waals surface area contributed by atoms with Crippen LogP contribution in [0, 0.1) is 5.92 Å². The molecule has 0 aromatic heterocycles. The molecule has 1 amide bonds. The van der Waals surface area contributed by atoms with E-state index in [0.29, 0.717) is 13.0 Å². The fourth-order valence-corrected chi connectivity index (χ4v) is 1.95. The number of nitrogens with one attached hydrogen (secondary N) is 1. The number of alkyl halides is 3. The highest BCUT2D eigenvalue weighted by Gasteiger charge is 2.36. The maximum absolute atomic E-state index is 13.2. The molecule has 0 saturated carbocycles. The van der Waals surface area contributed by atoms with Gasteiger partial charge in [-0.15, -0.1) is 0 Å². The molecule has 0 fully saturated rings. The predicted molar refractivity (Wildman–Crippen MR) is 90.4 cm³/mol. The normalized spacial score (nSPS) is 12.0. The summed E-state index contributed by atoms with van der Waals surface area (Å²) in [6, 6.07) is 2.00. The highest BCUT2D eigenvalue weighted by atomic mass is 19.4. The van der Waals surface area contributed by atoms with Crippen LogP contribution in [0.3, 0.4) is 0 Å². The summed E-state index contributed by atoms with van der Waals surface area (Å²) >= 11 is 0. The van der Waals surface area contributed by atoms with E-state index in [1.165, 1.54) is 6.08 Å². The average Bonchev–Trinajstić information content (AvgIpc) is 2.51. The van der Waals surface area contributed by atoms with Crippen molar-refractivity contribution in [3.05, 3.63) is 29.3 Å². The molecule has 1 aromatic carbocycles. The van der Waals surface area contributed by atoms with Crippen molar-refractivity contribution in [1.82, 2.24) is 5.32 Å². The van der Waals surface area contributed by atoms with Crippen LogP contribution in [0.25, 0.3) is 6.08 Å². The van der Waals surface area contributed by atoms with E-state index in [9.17, 15) is 23.1 Å². The summed E-state index contributed by atoms with van der Waals surface area (Å²) in [5.41, 5.74) is -1.00. The fourth-order valence-electron chi connectivity index (χ4n) is 1.95. The Morgan fingerprint density at radius 1 is 1.36 bits per heavy atom. The topological polar surface area (TPSA) is 58.6 Å². The first-order valence-electron chi connectivity index (χ1n) is 8.18. The van der Waals surface area contributed by atoms with Crippen molar-refractivity contribution in [2.24, 2.45) is 5.92 Å². The molecule has 0 aliphatic heterocycles. The minimum Gasteiger partial charge on any atom is -0.504 e. The number of phenolic OH excluding ortho intramolecular Hbond substituents is 1. The van der Waals surface area contributed by atoms with Crippen LogP contribution in [0.2, 0.25) is 0 Å². The second kappa shape index (κ2) is 9.34. The molecule has 0 spiro atoms. The molecular weight excluding hydrogens is 335 g/mol. The molecule has 1 rings (SSSR count). The van der Waals surface area contributed by atoms with Gasteiger partial charge in [0.15, 0.2) is 11.5 Å². The zero-order valence-corrected chi connectivity index (χ0v) is 14.6. The van der Waals surface area contributed by atoms with E-state index in [4.69, 9.17) is 4.74 Å². The number of halogens is 3. The summed E-state index contributed by atoms with van der Waals surface area (Å²) < 4.78 is 44.8. The van der Waals surface area contributed by atoms with Crippen molar-refractivity contribution < 1.29 is 27.8 Å². The molecule has 0 atom stereocenters. The van der Waals surface area contributed by atoms with Crippen molar-refractivity contribution in [2.45, 2.75) is 39.8 Å². The van der Waals surface area contributed by atoms with Gasteiger partial charge in [-0.1, -0.05) is 27.2 Å². The number of phenols is 1. The lowest BCUT2D eigenvalue weighted by Gasteiger charge is -2.16. The van der Waals surface area contributed by atoms with Gasteiger partial charge in [0.25, 0.3) is 0 Å². The van der Waals surface area contributed by atoms with Crippen LogP contribution in [-0.2, 0) is 11.0 Å². The van der Waals surface area contributed by atoms with E-state index in [2.05, 4.69) is 5.32 Å². The van der Waals surface area contributed by atoms with Gasteiger partial charge in [0, 0.05) is 12.6 Å². The number of unbranched alkanes of at least 4 members (excludes halogenated alkanes) is 1. The second-order valence-electron chi connectivity index (χ2n) is 6.09. The number of hydrogen-bond acceptors (Lipinski definition) is 3. The van der Waals surface area contributed by atoms with Gasteiger partial charge in [0.2, 0.25) is 5.91 Å².